The van der Waals surface area contributed by atoms with E-state index in [1.54, 1.807) is 17.0 Å². The molecule has 0 saturated carbocycles. The van der Waals surface area contributed by atoms with Gasteiger partial charge in [0.15, 0.2) is 0 Å². The lowest BCUT2D eigenvalue weighted by molar-refractivity contribution is -0.143. The molecular formula is C16H19N3O3. The van der Waals surface area contributed by atoms with E-state index in [0.717, 1.165) is 5.56 Å². The smallest absolute Gasteiger partial charge is 0.317 e. The number of aliphatic carboxylic acids is 1. The van der Waals surface area contributed by atoms with Crippen LogP contribution in [0, 0.1) is 17.2 Å². The van der Waals surface area contributed by atoms with Crippen molar-refractivity contribution in [3.05, 3.63) is 35.4 Å². The maximum atomic E-state index is 12.0. The van der Waals surface area contributed by atoms with E-state index < -0.39 is 11.9 Å². The van der Waals surface area contributed by atoms with Gasteiger partial charge in [-0.2, -0.15) is 5.26 Å². The Hall–Kier alpha value is -2.55. The number of carboxylic acid groups (broad SMARTS) is 1. The largest absolute Gasteiger partial charge is 0.481 e. The van der Waals surface area contributed by atoms with Gasteiger partial charge in [-0.05, 0) is 37.0 Å². The molecule has 1 unspecified atom stereocenters. The third kappa shape index (κ3) is 4.22. The fraction of sp³-hybridized carbons (Fsp3) is 0.438. The highest BCUT2D eigenvalue weighted by Gasteiger charge is 2.27. The van der Waals surface area contributed by atoms with Gasteiger partial charge in [-0.3, -0.25) is 4.79 Å². The van der Waals surface area contributed by atoms with E-state index in [0.29, 0.717) is 37.9 Å². The number of nitrogens with zero attached hydrogens (tertiary/aromatic N) is 2. The highest BCUT2D eigenvalue weighted by molar-refractivity contribution is 5.76. The lowest BCUT2D eigenvalue weighted by atomic mass is 9.99. The Kier molecular flexibility index (Phi) is 5.37. The number of rotatable bonds is 4. The van der Waals surface area contributed by atoms with Crippen molar-refractivity contribution < 1.29 is 14.7 Å². The number of hydrogen-bond donors (Lipinski definition) is 2. The number of piperidine rings is 1. The Morgan fingerprint density at radius 3 is 3.00 bits per heavy atom. The highest BCUT2D eigenvalue weighted by Crippen LogP contribution is 2.16. The van der Waals surface area contributed by atoms with Crippen molar-refractivity contribution in [2.45, 2.75) is 19.3 Å². The minimum atomic E-state index is -0.842. The van der Waals surface area contributed by atoms with E-state index in [4.69, 9.17) is 10.4 Å². The Morgan fingerprint density at radius 2 is 2.27 bits per heavy atom. The first kappa shape index (κ1) is 15.8. The molecule has 0 radical (unpaired) electrons. The summed E-state index contributed by atoms with van der Waals surface area (Å²) in [5, 5.41) is 20.7. The number of carbonyl (C=O) groups excluding carboxylic acids is 1. The first-order valence-corrected chi connectivity index (χ1v) is 7.35. The molecule has 1 aliphatic heterocycles. The molecule has 1 atom stereocenters. The van der Waals surface area contributed by atoms with Crippen molar-refractivity contribution in [3.8, 4) is 6.07 Å². The molecule has 1 aliphatic rings. The summed E-state index contributed by atoms with van der Waals surface area (Å²) in [5.74, 6) is -1.31. The van der Waals surface area contributed by atoms with Gasteiger partial charge >= 0.3 is 12.0 Å². The summed E-state index contributed by atoms with van der Waals surface area (Å²) < 4.78 is 0. The zero-order chi connectivity index (χ0) is 15.9. The SMILES string of the molecule is N#Cc1cccc(CCNC(=O)N2CCCC(C(=O)O)C2)c1. The molecule has 0 aromatic heterocycles. The third-order valence-electron chi connectivity index (χ3n) is 3.80. The number of hydrogen-bond acceptors (Lipinski definition) is 3. The average molecular weight is 301 g/mol. The number of nitrogens with one attached hydrogen (secondary N) is 1. The number of benzene rings is 1. The second-order valence-corrected chi connectivity index (χ2v) is 5.42. The molecule has 1 aromatic rings. The topological polar surface area (TPSA) is 93.4 Å². The molecule has 116 valence electrons. The Labute approximate surface area is 129 Å². The van der Waals surface area contributed by atoms with Crippen LogP contribution in [0.4, 0.5) is 4.79 Å². The summed E-state index contributed by atoms with van der Waals surface area (Å²) in [6, 6.07) is 9.13. The number of urea groups is 1. The molecule has 6 nitrogen and oxygen atoms in total. The Bertz CT molecular complexity index is 595. The first-order valence-electron chi connectivity index (χ1n) is 7.35. The molecule has 0 spiro atoms. The molecule has 0 bridgehead atoms. The minimum absolute atomic E-state index is 0.220. The third-order valence-corrected chi connectivity index (χ3v) is 3.80. The van der Waals surface area contributed by atoms with Crippen molar-refractivity contribution in [2.24, 2.45) is 5.92 Å². The van der Waals surface area contributed by atoms with Crippen LogP contribution in [-0.4, -0.2) is 41.6 Å². The van der Waals surface area contributed by atoms with Gasteiger partial charge in [-0.1, -0.05) is 12.1 Å². The molecule has 1 fully saturated rings. The van der Waals surface area contributed by atoms with E-state index in [1.165, 1.54) is 0 Å². The maximum absolute atomic E-state index is 12.0. The van der Waals surface area contributed by atoms with Crippen LogP contribution in [0.3, 0.4) is 0 Å². The van der Waals surface area contributed by atoms with Gasteiger partial charge in [-0.25, -0.2) is 4.79 Å². The Morgan fingerprint density at radius 1 is 1.45 bits per heavy atom. The number of carbonyl (C=O) groups is 2. The molecule has 1 aromatic carbocycles. The van der Waals surface area contributed by atoms with Crippen LogP contribution < -0.4 is 5.32 Å². The zero-order valence-corrected chi connectivity index (χ0v) is 12.3. The molecule has 2 amide bonds. The van der Waals surface area contributed by atoms with Gasteiger partial charge in [-0.15, -0.1) is 0 Å². The van der Waals surface area contributed by atoms with Crippen LogP contribution in [-0.2, 0) is 11.2 Å². The second-order valence-electron chi connectivity index (χ2n) is 5.42. The molecule has 2 rings (SSSR count). The van der Waals surface area contributed by atoms with E-state index in [2.05, 4.69) is 11.4 Å². The van der Waals surface area contributed by atoms with Crippen LogP contribution in [0.5, 0.6) is 0 Å². The zero-order valence-electron chi connectivity index (χ0n) is 12.3. The predicted octanol–water partition coefficient (Wildman–Crippen LogP) is 1.61. The van der Waals surface area contributed by atoms with Crippen molar-refractivity contribution in [1.29, 1.82) is 5.26 Å². The van der Waals surface area contributed by atoms with Crippen molar-refractivity contribution >= 4 is 12.0 Å². The monoisotopic (exact) mass is 301 g/mol. The van der Waals surface area contributed by atoms with E-state index in [-0.39, 0.29) is 12.6 Å². The summed E-state index contributed by atoms with van der Waals surface area (Å²) in [5.41, 5.74) is 1.59. The number of carboxylic acids is 1. The van der Waals surface area contributed by atoms with Gasteiger partial charge in [0.2, 0.25) is 0 Å². The van der Waals surface area contributed by atoms with E-state index in [1.807, 2.05) is 12.1 Å². The fourth-order valence-corrected chi connectivity index (χ4v) is 2.59. The van der Waals surface area contributed by atoms with Crippen molar-refractivity contribution in [1.82, 2.24) is 10.2 Å². The van der Waals surface area contributed by atoms with E-state index >= 15 is 0 Å². The molecule has 1 saturated heterocycles. The Balaban J connectivity index is 1.80. The highest BCUT2D eigenvalue weighted by atomic mass is 16.4. The summed E-state index contributed by atoms with van der Waals surface area (Å²) in [6.45, 7) is 1.33. The maximum Gasteiger partial charge on any atom is 0.317 e. The van der Waals surface area contributed by atoms with Gasteiger partial charge in [0.05, 0.1) is 17.6 Å². The summed E-state index contributed by atoms with van der Waals surface area (Å²) >= 11 is 0. The summed E-state index contributed by atoms with van der Waals surface area (Å²) in [6.07, 6.45) is 1.98. The average Bonchev–Trinajstić information content (AvgIpc) is 2.55. The molecule has 0 aliphatic carbocycles. The number of likely N-dealkylation sites (tertiary alicyclic amines) is 1. The van der Waals surface area contributed by atoms with Crippen LogP contribution in [0.25, 0.3) is 0 Å². The van der Waals surface area contributed by atoms with Gasteiger partial charge in [0.25, 0.3) is 0 Å². The van der Waals surface area contributed by atoms with Crippen LogP contribution in [0.2, 0.25) is 0 Å². The van der Waals surface area contributed by atoms with Crippen LogP contribution in [0.15, 0.2) is 24.3 Å². The standard InChI is InChI=1S/C16H19N3O3/c17-10-13-4-1-3-12(9-13)6-7-18-16(22)19-8-2-5-14(11-19)15(20)21/h1,3-4,9,14H,2,5-8,11H2,(H,18,22)(H,20,21). The van der Waals surface area contributed by atoms with Crippen LogP contribution in [0.1, 0.15) is 24.0 Å². The van der Waals surface area contributed by atoms with Crippen molar-refractivity contribution in [3.63, 3.8) is 0 Å². The summed E-state index contributed by atoms with van der Waals surface area (Å²) in [7, 11) is 0. The van der Waals surface area contributed by atoms with E-state index in [9.17, 15) is 9.59 Å². The van der Waals surface area contributed by atoms with Crippen molar-refractivity contribution in [2.75, 3.05) is 19.6 Å². The molecule has 6 heteroatoms. The molecule has 1 heterocycles. The van der Waals surface area contributed by atoms with Gasteiger partial charge in [0.1, 0.15) is 0 Å². The number of nitriles is 1. The fourth-order valence-electron chi connectivity index (χ4n) is 2.59. The molecule has 22 heavy (non-hydrogen) atoms. The normalized spacial score (nSPS) is 17.6. The molecular weight excluding hydrogens is 282 g/mol. The quantitative estimate of drug-likeness (QED) is 0.883. The van der Waals surface area contributed by atoms with Gasteiger partial charge < -0.3 is 15.3 Å². The summed E-state index contributed by atoms with van der Waals surface area (Å²) in [4.78, 5) is 24.6. The molecule has 2 N–H and O–H groups in total. The van der Waals surface area contributed by atoms with Gasteiger partial charge in [0, 0.05) is 19.6 Å². The minimum Gasteiger partial charge on any atom is -0.481 e. The number of amides is 2. The van der Waals surface area contributed by atoms with Crippen LogP contribution >= 0.6 is 0 Å². The lowest BCUT2D eigenvalue weighted by Crippen LogP contribution is -2.47. The lowest BCUT2D eigenvalue weighted by Gasteiger charge is -2.30. The second kappa shape index (κ2) is 7.46. The predicted molar refractivity (Wildman–Crippen MR) is 80.2 cm³/mol. The first-order chi connectivity index (χ1) is 10.6.